The molecular weight excluding hydrogens is 482 g/mol. The largest absolute Gasteiger partial charge is 0.485 e. The molecule has 2 aromatic rings. The van der Waals surface area contributed by atoms with Gasteiger partial charge in [-0.25, -0.2) is 4.99 Å². The predicted octanol–water partition coefficient (Wildman–Crippen LogP) is 2.95. The molecule has 0 spiro atoms. The lowest BCUT2D eigenvalue weighted by Crippen LogP contribution is -2.54. The molecule has 4 N–H and O–H groups in total. The van der Waals surface area contributed by atoms with Gasteiger partial charge < -0.3 is 20.9 Å². The maximum absolute atomic E-state index is 13.6. The van der Waals surface area contributed by atoms with E-state index in [-0.39, 0.29) is 30.1 Å². The lowest BCUT2D eigenvalue weighted by atomic mass is 9.86. The van der Waals surface area contributed by atoms with Crippen molar-refractivity contribution in [2.45, 2.75) is 69.9 Å². The third-order valence-corrected chi connectivity index (χ3v) is 7.71. The number of aliphatic imine (C=N–C) groups is 1. The topological polar surface area (TPSA) is 141 Å². The number of aliphatic hydroxyl groups is 1. The normalized spacial score (nSPS) is 27.7. The molecule has 2 aromatic carbocycles. The molecule has 0 saturated heterocycles. The van der Waals surface area contributed by atoms with Crippen LogP contribution in [0.4, 0.5) is 0 Å². The molecule has 1 saturated carbocycles. The molecule has 2 heterocycles. The van der Waals surface area contributed by atoms with Gasteiger partial charge in [0.2, 0.25) is 11.8 Å². The molecule has 9 heteroatoms. The highest BCUT2D eigenvalue weighted by Crippen LogP contribution is 2.52. The highest BCUT2D eigenvalue weighted by atomic mass is 16.5. The third-order valence-electron chi connectivity index (χ3n) is 7.71. The number of fused-ring (bicyclic) bond motifs is 1. The fourth-order valence-electron chi connectivity index (χ4n) is 5.65. The molecule has 0 bridgehead atoms. The van der Waals surface area contributed by atoms with Gasteiger partial charge in [0.25, 0.3) is 0 Å². The zero-order valence-corrected chi connectivity index (χ0v) is 22.0. The summed E-state index contributed by atoms with van der Waals surface area (Å²) in [4.78, 5) is 32.9. The number of para-hydroxylation sites is 1. The molecule has 2 aliphatic heterocycles. The summed E-state index contributed by atoms with van der Waals surface area (Å²) in [6, 6.07) is 15.3. The van der Waals surface area contributed by atoms with Crippen LogP contribution >= 0.6 is 0 Å². The average Bonchev–Trinajstić information content (AvgIpc) is 3.64. The molecule has 3 aliphatic rings. The van der Waals surface area contributed by atoms with Gasteiger partial charge in [-0.3, -0.25) is 14.5 Å². The molecule has 0 aromatic heterocycles. The maximum Gasteiger partial charge on any atom is 0.232 e. The summed E-state index contributed by atoms with van der Waals surface area (Å²) < 4.78 is 5.98. The van der Waals surface area contributed by atoms with Crippen LogP contribution in [0.25, 0.3) is 0 Å². The Bertz CT molecular complexity index is 1340. The molecule has 0 radical (unpaired) electrons. The van der Waals surface area contributed by atoms with E-state index in [0.29, 0.717) is 17.7 Å². The van der Waals surface area contributed by atoms with Crippen molar-refractivity contribution < 1.29 is 19.4 Å². The lowest BCUT2D eigenvalue weighted by Gasteiger charge is -2.42. The zero-order valence-electron chi connectivity index (χ0n) is 22.0. The Morgan fingerprint density at radius 3 is 2.55 bits per heavy atom. The van der Waals surface area contributed by atoms with Crippen molar-refractivity contribution in [3.63, 3.8) is 0 Å². The summed E-state index contributed by atoms with van der Waals surface area (Å²) in [5, 5.41) is 23.4. The Hall–Kier alpha value is -3.90. The van der Waals surface area contributed by atoms with Gasteiger partial charge in [-0.2, -0.15) is 5.26 Å². The van der Waals surface area contributed by atoms with E-state index in [1.54, 1.807) is 38.1 Å². The average molecular weight is 516 g/mol. The summed E-state index contributed by atoms with van der Waals surface area (Å²) in [5.41, 5.74) is 6.84. The zero-order chi connectivity index (χ0) is 27.4. The van der Waals surface area contributed by atoms with Gasteiger partial charge in [-0.1, -0.05) is 30.3 Å². The van der Waals surface area contributed by atoms with Crippen LogP contribution < -0.4 is 15.8 Å². The van der Waals surface area contributed by atoms with Crippen LogP contribution in [0.1, 0.15) is 69.3 Å². The number of aliphatic hydroxyl groups excluding tert-OH is 1. The first-order chi connectivity index (χ1) is 17.9. The highest BCUT2D eigenvalue weighted by Gasteiger charge is 2.54. The highest BCUT2D eigenvalue weighted by molar-refractivity contribution is 5.99. The molecule has 198 valence electrons. The molecule has 1 aliphatic carbocycles. The first-order valence-corrected chi connectivity index (χ1v) is 12.9. The number of nitrogens with zero attached hydrogens (tertiary/aromatic N) is 3. The van der Waals surface area contributed by atoms with E-state index in [1.807, 2.05) is 38.1 Å². The van der Waals surface area contributed by atoms with Crippen LogP contribution in [-0.2, 0) is 9.59 Å². The smallest absolute Gasteiger partial charge is 0.232 e. The molecular formula is C29H33N5O4. The quantitative estimate of drug-likeness (QED) is 0.559. The predicted molar refractivity (Wildman–Crippen MR) is 141 cm³/mol. The Kier molecular flexibility index (Phi) is 6.19. The number of nitrogens with two attached hydrogens (primary N) is 1. The second-order valence-corrected chi connectivity index (χ2v) is 11.6. The fourth-order valence-corrected chi connectivity index (χ4v) is 5.65. The van der Waals surface area contributed by atoms with Crippen molar-refractivity contribution >= 4 is 17.8 Å². The van der Waals surface area contributed by atoms with Crippen LogP contribution in [0.2, 0.25) is 0 Å². The number of carbonyl (C=O) groups excluding carboxylic acids is 2. The van der Waals surface area contributed by atoms with Crippen molar-refractivity contribution in [2.75, 3.05) is 0 Å². The van der Waals surface area contributed by atoms with Gasteiger partial charge in [-0.15, -0.1) is 0 Å². The van der Waals surface area contributed by atoms with E-state index in [0.717, 1.165) is 11.1 Å². The minimum Gasteiger partial charge on any atom is -0.485 e. The third kappa shape index (κ3) is 4.61. The van der Waals surface area contributed by atoms with Crippen LogP contribution in [0.5, 0.6) is 5.75 Å². The fraction of sp³-hybridized carbons (Fsp3) is 0.448. The molecule has 1 fully saturated rings. The van der Waals surface area contributed by atoms with Gasteiger partial charge in [0.15, 0.2) is 5.96 Å². The standard InChI is InChI=1S/C29H33N5O4/c1-28(2)14-22(35)34(27(31)33-28)24(17-11-9-16(15-30)10-12-17)19-13-20(19)26(37)32-23-18-7-5-6-8-21(18)38-29(3,4)25(23)36/h5-12,19-20,23-25,36H,13-14H2,1-4H3,(H2,31,33)(H,32,37)/t19?,20?,23-,24-,25+/m1/s1. The number of hydrogen-bond donors (Lipinski definition) is 3. The van der Waals surface area contributed by atoms with Gasteiger partial charge in [0, 0.05) is 11.5 Å². The minimum absolute atomic E-state index is 0.127. The summed E-state index contributed by atoms with van der Waals surface area (Å²) in [7, 11) is 0. The number of amides is 2. The van der Waals surface area contributed by atoms with Crippen LogP contribution in [-0.4, -0.2) is 45.0 Å². The number of carbonyl (C=O) groups is 2. The van der Waals surface area contributed by atoms with Crippen LogP contribution in [0, 0.1) is 23.2 Å². The van der Waals surface area contributed by atoms with E-state index >= 15 is 0 Å². The minimum atomic E-state index is -0.957. The number of nitriles is 1. The summed E-state index contributed by atoms with van der Waals surface area (Å²) >= 11 is 0. The van der Waals surface area contributed by atoms with Gasteiger partial charge in [0.05, 0.1) is 35.7 Å². The second kappa shape index (κ2) is 9.14. The molecule has 2 unspecified atom stereocenters. The molecule has 5 atom stereocenters. The van der Waals surface area contributed by atoms with E-state index in [9.17, 15) is 20.0 Å². The summed E-state index contributed by atoms with van der Waals surface area (Å²) in [6.45, 7) is 7.30. The summed E-state index contributed by atoms with van der Waals surface area (Å²) in [6.07, 6.45) is -0.215. The Morgan fingerprint density at radius 2 is 1.89 bits per heavy atom. The van der Waals surface area contributed by atoms with E-state index in [4.69, 9.17) is 10.5 Å². The van der Waals surface area contributed by atoms with Crippen molar-refractivity contribution in [3.8, 4) is 11.8 Å². The van der Waals surface area contributed by atoms with Gasteiger partial charge in [-0.05, 0) is 63.8 Å². The number of guanidine groups is 1. The van der Waals surface area contributed by atoms with Crippen LogP contribution in [0.3, 0.4) is 0 Å². The van der Waals surface area contributed by atoms with Gasteiger partial charge >= 0.3 is 0 Å². The second-order valence-electron chi connectivity index (χ2n) is 11.6. The number of benzene rings is 2. The molecule has 2 amide bonds. The van der Waals surface area contributed by atoms with E-state index in [2.05, 4.69) is 16.4 Å². The first kappa shape index (κ1) is 25.7. The molecule has 9 nitrogen and oxygen atoms in total. The monoisotopic (exact) mass is 515 g/mol. The molecule has 38 heavy (non-hydrogen) atoms. The summed E-state index contributed by atoms with van der Waals surface area (Å²) in [5.74, 6) is -0.203. The van der Waals surface area contributed by atoms with E-state index < -0.39 is 35.2 Å². The van der Waals surface area contributed by atoms with Crippen molar-refractivity contribution in [3.05, 3.63) is 65.2 Å². The van der Waals surface area contributed by atoms with Crippen molar-refractivity contribution in [1.82, 2.24) is 10.2 Å². The van der Waals surface area contributed by atoms with Gasteiger partial charge in [0.1, 0.15) is 17.5 Å². The van der Waals surface area contributed by atoms with Crippen molar-refractivity contribution in [1.29, 1.82) is 5.26 Å². The number of rotatable bonds is 5. The van der Waals surface area contributed by atoms with Crippen LogP contribution in [0.15, 0.2) is 53.5 Å². The lowest BCUT2D eigenvalue weighted by molar-refractivity contribution is -0.132. The first-order valence-electron chi connectivity index (χ1n) is 12.9. The van der Waals surface area contributed by atoms with E-state index in [1.165, 1.54) is 4.90 Å². The maximum atomic E-state index is 13.6. The number of hydrogen-bond acceptors (Lipinski definition) is 7. The number of ether oxygens (including phenoxy) is 1. The molecule has 5 rings (SSSR count). The Labute approximate surface area is 222 Å². The SMILES string of the molecule is CC1(C)CC(=O)N([C@H](c2ccc(C#N)cc2)C2CC2C(=O)N[C@@H]2c3ccccc3OC(C)(C)[C@H]2O)C(N)=N1. The Morgan fingerprint density at radius 1 is 1.21 bits per heavy atom. The number of nitrogens with one attached hydrogen (secondary N) is 1. The Balaban J connectivity index is 1.43. The van der Waals surface area contributed by atoms with Crippen molar-refractivity contribution in [2.24, 2.45) is 22.6 Å².